The summed E-state index contributed by atoms with van der Waals surface area (Å²) in [5.41, 5.74) is 3.87. The van der Waals surface area contributed by atoms with Gasteiger partial charge >= 0.3 is 0 Å². The summed E-state index contributed by atoms with van der Waals surface area (Å²) < 4.78 is 0. The Morgan fingerprint density at radius 3 is 2.61 bits per heavy atom. The van der Waals surface area contributed by atoms with Crippen LogP contribution in [0, 0.1) is 26.7 Å². The molecule has 1 aromatic rings. The molecule has 0 aromatic carbocycles. The van der Waals surface area contributed by atoms with Gasteiger partial charge in [-0.05, 0) is 51.2 Å². The second kappa shape index (κ2) is 7.66. The lowest BCUT2D eigenvalue weighted by molar-refractivity contribution is -0.126. The van der Waals surface area contributed by atoms with Crippen LogP contribution in [0.5, 0.6) is 0 Å². The molecule has 1 saturated heterocycles. The van der Waals surface area contributed by atoms with Gasteiger partial charge in [-0.15, -0.1) is 0 Å². The summed E-state index contributed by atoms with van der Waals surface area (Å²) in [6.45, 7) is 10.1. The average Bonchev–Trinajstić information content (AvgIpc) is 2.82. The van der Waals surface area contributed by atoms with Crippen molar-refractivity contribution in [3.8, 4) is 0 Å². The highest BCUT2D eigenvalue weighted by atomic mass is 16.2. The normalized spacial score (nSPS) is 18.1. The number of aryl methyl sites for hydroxylation is 1. The van der Waals surface area contributed by atoms with Crippen LogP contribution in [0.15, 0.2) is 0 Å². The number of carbonyl (C=O) groups excluding carboxylic acids is 2. The third kappa shape index (κ3) is 3.95. The van der Waals surface area contributed by atoms with Gasteiger partial charge in [0.25, 0.3) is 5.91 Å². The highest BCUT2D eigenvalue weighted by Crippen LogP contribution is 2.22. The van der Waals surface area contributed by atoms with E-state index in [-0.39, 0.29) is 17.7 Å². The van der Waals surface area contributed by atoms with E-state index in [1.165, 1.54) is 0 Å². The summed E-state index contributed by atoms with van der Waals surface area (Å²) in [7, 11) is 0. The molecule has 0 bridgehead atoms. The fourth-order valence-corrected chi connectivity index (χ4v) is 3.12. The van der Waals surface area contributed by atoms with Gasteiger partial charge in [0.05, 0.1) is 5.92 Å². The maximum atomic E-state index is 12.8. The molecule has 128 valence electrons. The summed E-state index contributed by atoms with van der Waals surface area (Å²) >= 11 is 0. The van der Waals surface area contributed by atoms with E-state index in [2.05, 4.69) is 17.2 Å². The van der Waals surface area contributed by atoms with Gasteiger partial charge in [0.1, 0.15) is 5.69 Å². The van der Waals surface area contributed by atoms with E-state index in [0.717, 1.165) is 55.6 Å². The molecule has 2 N–H and O–H groups in total. The van der Waals surface area contributed by atoms with Crippen LogP contribution in [-0.2, 0) is 4.79 Å². The molecule has 23 heavy (non-hydrogen) atoms. The fourth-order valence-electron chi connectivity index (χ4n) is 3.12. The van der Waals surface area contributed by atoms with Gasteiger partial charge in [-0.25, -0.2) is 0 Å². The third-order valence-corrected chi connectivity index (χ3v) is 4.94. The van der Waals surface area contributed by atoms with E-state index in [4.69, 9.17) is 0 Å². The number of aromatic nitrogens is 1. The first kappa shape index (κ1) is 17.6. The minimum absolute atomic E-state index is 0.0183. The zero-order valence-electron chi connectivity index (χ0n) is 14.8. The van der Waals surface area contributed by atoms with Crippen molar-refractivity contribution < 1.29 is 9.59 Å². The van der Waals surface area contributed by atoms with Crippen molar-refractivity contribution in [1.82, 2.24) is 15.2 Å². The third-order valence-electron chi connectivity index (χ3n) is 4.94. The van der Waals surface area contributed by atoms with Crippen LogP contribution in [0.3, 0.4) is 0 Å². The molecule has 5 heteroatoms. The molecule has 5 nitrogen and oxygen atoms in total. The predicted molar refractivity (Wildman–Crippen MR) is 91.5 cm³/mol. The van der Waals surface area contributed by atoms with Crippen molar-refractivity contribution in [2.24, 2.45) is 5.92 Å². The summed E-state index contributed by atoms with van der Waals surface area (Å²) in [4.78, 5) is 30.1. The predicted octanol–water partition coefficient (Wildman–Crippen LogP) is 2.71. The smallest absolute Gasteiger partial charge is 0.270 e. The second-order valence-electron chi connectivity index (χ2n) is 6.61. The molecule has 2 rings (SSSR count). The van der Waals surface area contributed by atoms with Crippen molar-refractivity contribution >= 4 is 11.8 Å². The van der Waals surface area contributed by atoms with Crippen molar-refractivity contribution in [3.05, 3.63) is 22.5 Å². The number of likely N-dealkylation sites (tertiary alicyclic amines) is 1. The van der Waals surface area contributed by atoms with E-state index in [1.807, 2.05) is 25.7 Å². The van der Waals surface area contributed by atoms with Crippen molar-refractivity contribution in [2.75, 3.05) is 19.6 Å². The summed E-state index contributed by atoms with van der Waals surface area (Å²) in [6.07, 6.45) is 3.82. The summed E-state index contributed by atoms with van der Waals surface area (Å²) in [5.74, 6) is 0.0262. The Labute approximate surface area is 138 Å². The van der Waals surface area contributed by atoms with Crippen LogP contribution < -0.4 is 5.32 Å². The minimum atomic E-state index is -0.0815. The standard InChI is InChI=1S/C18H29N3O2/c1-5-6-9-19-17(22)15-8-7-10-21(11-15)18(23)16-13(3)12(2)14(4)20-16/h15,20H,5-11H2,1-4H3,(H,19,22)/t15-/m0/s1. The fraction of sp³-hybridized carbons (Fsp3) is 0.667. The summed E-state index contributed by atoms with van der Waals surface area (Å²) in [6, 6.07) is 0. The maximum Gasteiger partial charge on any atom is 0.270 e. The van der Waals surface area contributed by atoms with Gasteiger partial charge < -0.3 is 15.2 Å². The Morgan fingerprint density at radius 2 is 2.00 bits per heavy atom. The van der Waals surface area contributed by atoms with Gasteiger partial charge in [0.15, 0.2) is 0 Å². The molecular weight excluding hydrogens is 290 g/mol. The Balaban J connectivity index is 2.01. The zero-order chi connectivity index (χ0) is 17.0. The first-order valence-corrected chi connectivity index (χ1v) is 8.68. The summed E-state index contributed by atoms with van der Waals surface area (Å²) in [5, 5.41) is 2.99. The SMILES string of the molecule is CCCCNC(=O)[C@H]1CCCN(C(=O)c2[nH]c(C)c(C)c2C)C1. The van der Waals surface area contributed by atoms with Crippen LogP contribution in [0.1, 0.15) is 59.9 Å². The quantitative estimate of drug-likeness (QED) is 0.820. The number of nitrogens with one attached hydrogen (secondary N) is 2. The Morgan fingerprint density at radius 1 is 1.26 bits per heavy atom. The minimum Gasteiger partial charge on any atom is -0.356 e. The van der Waals surface area contributed by atoms with Gasteiger partial charge in [0, 0.05) is 25.3 Å². The van der Waals surface area contributed by atoms with Crippen LogP contribution in [0.25, 0.3) is 0 Å². The molecule has 2 heterocycles. The Kier molecular flexibility index (Phi) is 5.85. The van der Waals surface area contributed by atoms with Gasteiger partial charge in [0.2, 0.25) is 5.91 Å². The number of H-pyrrole nitrogens is 1. The van der Waals surface area contributed by atoms with E-state index in [9.17, 15) is 9.59 Å². The maximum absolute atomic E-state index is 12.8. The zero-order valence-corrected chi connectivity index (χ0v) is 14.8. The van der Waals surface area contributed by atoms with Crippen LogP contribution in [0.4, 0.5) is 0 Å². The van der Waals surface area contributed by atoms with Gasteiger partial charge in [-0.1, -0.05) is 13.3 Å². The number of piperidine rings is 1. The van der Waals surface area contributed by atoms with Crippen LogP contribution in [-0.4, -0.2) is 41.3 Å². The second-order valence-corrected chi connectivity index (χ2v) is 6.61. The van der Waals surface area contributed by atoms with E-state index in [0.29, 0.717) is 12.2 Å². The van der Waals surface area contributed by atoms with E-state index in [1.54, 1.807) is 0 Å². The lowest BCUT2D eigenvalue weighted by Gasteiger charge is -2.32. The molecule has 0 saturated carbocycles. The lowest BCUT2D eigenvalue weighted by atomic mass is 9.96. The molecule has 2 amide bonds. The number of amides is 2. The molecule has 0 unspecified atom stereocenters. The largest absolute Gasteiger partial charge is 0.356 e. The molecule has 1 atom stereocenters. The van der Waals surface area contributed by atoms with Gasteiger partial charge in [-0.2, -0.15) is 0 Å². The number of nitrogens with zero attached hydrogens (tertiary/aromatic N) is 1. The monoisotopic (exact) mass is 319 g/mol. The lowest BCUT2D eigenvalue weighted by Crippen LogP contribution is -2.45. The van der Waals surface area contributed by atoms with E-state index < -0.39 is 0 Å². The molecule has 1 aliphatic rings. The van der Waals surface area contributed by atoms with E-state index >= 15 is 0 Å². The number of carbonyl (C=O) groups is 2. The molecule has 0 spiro atoms. The van der Waals surface area contributed by atoms with Crippen LogP contribution in [0.2, 0.25) is 0 Å². The molecule has 1 aliphatic heterocycles. The van der Waals surface area contributed by atoms with Crippen molar-refractivity contribution in [2.45, 2.75) is 53.4 Å². The highest BCUT2D eigenvalue weighted by molar-refractivity contribution is 5.95. The highest BCUT2D eigenvalue weighted by Gasteiger charge is 2.30. The first-order chi connectivity index (χ1) is 11.0. The Hall–Kier alpha value is -1.78. The molecule has 1 aromatic heterocycles. The number of rotatable bonds is 5. The molecule has 1 fully saturated rings. The van der Waals surface area contributed by atoms with Gasteiger partial charge in [-0.3, -0.25) is 9.59 Å². The first-order valence-electron chi connectivity index (χ1n) is 8.68. The molecule has 0 radical (unpaired) electrons. The topological polar surface area (TPSA) is 65.2 Å². The molecular formula is C18H29N3O2. The molecule has 0 aliphatic carbocycles. The number of unbranched alkanes of at least 4 members (excludes halogenated alkanes) is 1. The van der Waals surface area contributed by atoms with Crippen LogP contribution >= 0.6 is 0 Å². The number of hydrogen-bond donors (Lipinski definition) is 2. The van der Waals surface area contributed by atoms with Crippen molar-refractivity contribution in [1.29, 1.82) is 0 Å². The Bertz CT molecular complexity index is 577. The average molecular weight is 319 g/mol. The number of hydrogen-bond acceptors (Lipinski definition) is 2. The number of aromatic amines is 1. The van der Waals surface area contributed by atoms with Crippen molar-refractivity contribution in [3.63, 3.8) is 0 Å².